The Morgan fingerprint density at radius 3 is 2.38 bits per heavy atom. The van der Waals surface area contributed by atoms with Gasteiger partial charge in [0, 0.05) is 24.5 Å². The molecule has 0 aliphatic carbocycles. The quantitative estimate of drug-likeness (QED) is 0.323. The first-order valence-electron chi connectivity index (χ1n) is 9.68. The van der Waals surface area contributed by atoms with E-state index in [2.05, 4.69) is 4.98 Å². The fourth-order valence-electron chi connectivity index (χ4n) is 3.76. The normalized spacial score (nSPS) is 17.6. The van der Waals surface area contributed by atoms with Crippen molar-refractivity contribution in [3.8, 4) is 5.75 Å². The van der Waals surface area contributed by atoms with Gasteiger partial charge in [-0.05, 0) is 29.3 Å². The molecule has 32 heavy (non-hydrogen) atoms. The Kier molecular flexibility index (Phi) is 6.17. The van der Waals surface area contributed by atoms with Crippen molar-refractivity contribution in [3.05, 3.63) is 99.3 Å². The van der Waals surface area contributed by atoms with E-state index in [0.717, 1.165) is 5.56 Å². The van der Waals surface area contributed by atoms with Crippen LogP contribution in [-0.4, -0.2) is 33.8 Å². The molecule has 2 aromatic carbocycles. The third-order valence-corrected chi connectivity index (χ3v) is 5.77. The van der Waals surface area contributed by atoms with Gasteiger partial charge < -0.3 is 14.7 Å². The lowest BCUT2D eigenvalue weighted by molar-refractivity contribution is -0.140. The van der Waals surface area contributed by atoms with E-state index in [1.165, 1.54) is 24.1 Å². The van der Waals surface area contributed by atoms with Crippen LogP contribution in [0.1, 0.15) is 22.7 Å². The molecule has 2 heterocycles. The summed E-state index contributed by atoms with van der Waals surface area (Å²) in [6, 6.07) is 14.7. The van der Waals surface area contributed by atoms with Crippen molar-refractivity contribution in [3.63, 3.8) is 0 Å². The molecule has 0 radical (unpaired) electrons. The summed E-state index contributed by atoms with van der Waals surface area (Å²) in [6.07, 6.45) is 3.26. The molecule has 1 aliphatic rings. The molecule has 1 aliphatic heterocycles. The number of carbonyl (C=O) groups excluding carboxylic acids is 2. The van der Waals surface area contributed by atoms with Gasteiger partial charge in [0.25, 0.3) is 11.7 Å². The van der Waals surface area contributed by atoms with E-state index in [-0.39, 0.29) is 39.2 Å². The summed E-state index contributed by atoms with van der Waals surface area (Å²) in [5.74, 6) is -1.61. The number of likely N-dealkylation sites (tertiary alicyclic amines) is 1. The average molecular weight is 469 g/mol. The van der Waals surface area contributed by atoms with Crippen LogP contribution in [-0.2, 0) is 16.1 Å². The highest BCUT2D eigenvalue weighted by Gasteiger charge is 2.46. The lowest BCUT2D eigenvalue weighted by Crippen LogP contribution is -2.29. The van der Waals surface area contributed by atoms with Gasteiger partial charge in [0.2, 0.25) is 0 Å². The van der Waals surface area contributed by atoms with Gasteiger partial charge in [-0.1, -0.05) is 59.6 Å². The van der Waals surface area contributed by atoms with E-state index < -0.39 is 17.7 Å². The van der Waals surface area contributed by atoms with Crippen LogP contribution in [0.3, 0.4) is 0 Å². The molecule has 1 atom stereocenters. The van der Waals surface area contributed by atoms with E-state index in [0.29, 0.717) is 5.56 Å². The summed E-state index contributed by atoms with van der Waals surface area (Å²) in [4.78, 5) is 31.6. The molecule has 162 valence electrons. The molecule has 6 nitrogen and oxygen atoms in total. The number of carbonyl (C=O) groups is 2. The highest BCUT2D eigenvalue weighted by Crippen LogP contribution is 2.42. The number of aromatic nitrogens is 1. The van der Waals surface area contributed by atoms with Crippen molar-refractivity contribution in [2.75, 3.05) is 7.11 Å². The minimum absolute atomic E-state index is 0.0395. The standard InChI is InChI=1S/C24H18Cl2N2O4/c1-32-23-17(25)10-16(11-18(23)26)21(29)19-20(15-7-3-2-4-8-15)28(24(31)22(19)30)13-14-6-5-9-27-12-14/h2-12,20,29H,13H2,1H3/b21-19+. The van der Waals surface area contributed by atoms with E-state index in [9.17, 15) is 14.7 Å². The van der Waals surface area contributed by atoms with Crippen LogP contribution in [0.4, 0.5) is 0 Å². The molecule has 0 bridgehead atoms. The molecule has 4 rings (SSSR count). The van der Waals surface area contributed by atoms with Gasteiger partial charge in [0.05, 0.1) is 28.8 Å². The Morgan fingerprint density at radius 2 is 1.78 bits per heavy atom. The van der Waals surface area contributed by atoms with Crippen LogP contribution in [0.2, 0.25) is 10.0 Å². The van der Waals surface area contributed by atoms with Crippen molar-refractivity contribution >= 4 is 40.7 Å². The lowest BCUT2D eigenvalue weighted by atomic mass is 9.95. The SMILES string of the molecule is COc1c(Cl)cc(/C(O)=C2\C(=O)C(=O)N(Cc3cccnc3)C2c2ccccc2)cc1Cl. The van der Waals surface area contributed by atoms with Crippen LogP contribution in [0, 0.1) is 0 Å². The lowest BCUT2D eigenvalue weighted by Gasteiger charge is -2.25. The zero-order chi connectivity index (χ0) is 22.8. The summed E-state index contributed by atoms with van der Waals surface area (Å²) in [5, 5.41) is 11.5. The van der Waals surface area contributed by atoms with Crippen molar-refractivity contribution in [2.24, 2.45) is 0 Å². The van der Waals surface area contributed by atoms with Crippen molar-refractivity contribution in [1.82, 2.24) is 9.88 Å². The second-order valence-corrected chi connectivity index (χ2v) is 7.99. The van der Waals surface area contributed by atoms with Gasteiger partial charge in [-0.15, -0.1) is 0 Å². The number of rotatable bonds is 5. The fraction of sp³-hybridized carbons (Fsp3) is 0.125. The van der Waals surface area contributed by atoms with Crippen LogP contribution < -0.4 is 4.74 Å². The highest BCUT2D eigenvalue weighted by molar-refractivity contribution is 6.46. The highest BCUT2D eigenvalue weighted by atomic mass is 35.5. The molecule has 1 fully saturated rings. The predicted molar refractivity (Wildman–Crippen MR) is 122 cm³/mol. The first-order chi connectivity index (χ1) is 15.4. The number of aliphatic hydroxyl groups is 1. The number of hydrogen-bond acceptors (Lipinski definition) is 5. The zero-order valence-corrected chi connectivity index (χ0v) is 18.5. The van der Waals surface area contributed by atoms with E-state index in [1.54, 1.807) is 42.7 Å². The van der Waals surface area contributed by atoms with Crippen LogP contribution in [0.25, 0.3) is 5.76 Å². The first kappa shape index (κ1) is 21.9. The molecule has 0 saturated carbocycles. The molecule has 1 aromatic heterocycles. The predicted octanol–water partition coefficient (Wildman–Crippen LogP) is 5.02. The number of benzene rings is 2. The van der Waals surface area contributed by atoms with Crippen molar-refractivity contribution < 1.29 is 19.4 Å². The summed E-state index contributed by atoms with van der Waals surface area (Å²) in [6.45, 7) is 0.152. The van der Waals surface area contributed by atoms with E-state index >= 15 is 0 Å². The average Bonchev–Trinajstić information content (AvgIpc) is 3.04. The smallest absolute Gasteiger partial charge is 0.295 e. The summed E-state index contributed by atoms with van der Waals surface area (Å²) in [7, 11) is 1.42. The van der Waals surface area contributed by atoms with Crippen molar-refractivity contribution in [1.29, 1.82) is 0 Å². The number of halogens is 2. The topological polar surface area (TPSA) is 79.7 Å². The molecular formula is C24H18Cl2N2O4. The number of ether oxygens (including phenoxy) is 1. The number of hydrogen-bond donors (Lipinski definition) is 1. The maximum Gasteiger partial charge on any atom is 0.295 e. The number of amides is 1. The second-order valence-electron chi connectivity index (χ2n) is 7.17. The molecule has 1 amide bonds. The molecule has 1 N–H and O–H groups in total. The minimum atomic E-state index is -0.795. The Hall–Kier alpha value is -3.35. The Morgan fingerprint density at radius 1 is 1.09 bits per heavy atom. The number of nitrogens with zero attached hydrogens (tertiary/aromatic N) is 2. The third-order valence-electron chi connectivity index (χ3n) is 5.21. The van der Waals surface area contributed by atoms with Crippen LogP contribution >= 0.6 is 23.2 Å². The van der Waals surface area contributed by atoms with Crippen LogP contribution in [0.5, 0.6) is 5.75 Å². The number of pyridine rings is 1. The Balaban J connectivity index is 1.87. The zero-order valence-electron chi connectivity index (χ0n) is 17.0. The van der Waals surface area contributed by atoms with Gasteiger partial charge in [0.15, 0.2) is 5.75 Å². The number of ketones is 1. The fourth-order valence-corrected chi connectivity index (χ4v) is 4.40. The largest absolute Gasteiger partial charge is 0.507 e. The summed E-state index contributed by atoms with van der Waals surface area (Å²) < 4.78 is 5.15. The molecule has 1 saturated heterocycles. The number of Topliss-reactive ketones (excluding diaryl/α,β-unsaturated/α-hetero) is 1. The van der Waals surface area contributed by atoms with Crippen molar-refractivity contribution in [2.45, 2.75) is 12.6 Å². The Labute approximate surface area is 194 Å². The first-order valence-corrected chi connectivity index (χ1v) is 10.4. The minimum Gasteiger partial charge on any atom is -0.507 e. The molecule has 1 unspecified atom stereocenters. The Bertz CT molecular complexity index is 1190. The molecule has 3 aromatic rings. The second kappa shape index (κ2) is 9.02. The van der Waals surface area contributed by atoms with Gasteiger partial charge in [-0.25, -0.2) is 0 Å². The van der Waals surface area contributed by atoms with Gasteiger partial charge in [-0.2, -0.15) is 0 Å². The maximum atomic E-state index is 13.1. The summed E-state index contributed by atoms with van der Waals surface area (Å²) >= 11 is 12.5. The molecular weight excluding hydrogens is 451 g/mol. The summed E-state index contributed by atoms with van der Waals surface area (Å²) in [5.41, 5.74) is 1.61. The molecule has 8 heteroatoms. The van der Waals surface area contributed by atoms with Gasteiger partial charge in [-0.3, -0.25) is 14.6 Å². The monoisotopic (exact) mass is 468 g/mol. The third kappa shape index (κ3) is 3.95. The van der Waals surface area contributed by atoms with E-state index in [1.807, 2.05) is 12.1 Å². The maximum absolute atomic E-state index is 13.1. The number of methoxy groups -OCH3 is 1. The van der Waals surface area contributed by atoms with E-state index in [4.69, 9.17) is 27.9 Å². The molecule has 0 spiro atoms. The number of aliphatic hydroxyl groups excluding tert-OH is 1. The van der Waals surface area contributed by atoms with Crippen LogP contribution in [0.15, 0.2) is 72.6 Å². The van der Waals surface area contributed by atoms with Gasteiger partial charge in [0.1, 0.15) is 5.76 Å². The van der Waals surface area contributed by atoms with Gasteiger partial charge >= 0.3 is 0 Å².